The summed E-state index contributed by atoms with van der Waals surface area (Å²) in [6.07, 6.45) is 9.76. The SMILES string of the molecule is CC1CCCC(OCC(=O)NCC2(O)CCCCC2)C1. The van der Waals surface area contributed by atoms with E-state index in [0.717, 1.165) is 38.5 Å². The first kappa shape index (κ1) is 15.8. The normalized spacial score (nSPS) is 29.9. The molecule has 0 aromatic carbocycles. The summed E-state index contributed by atoms with van der Waals surface area (Å²) in [4.78, 5) is 11.8. The maximum Gasteiger partial charge on any atom is 0.246 e. The number of hydrogen-bond acceptors (Lipinski definition) is 3. The van der Waals surface area contributed by atoms with Gasteiger partial charge in [0.15, 0.2) is 0 Å². The number of ether oxygens (including phenoxy) is 1. The molecule has 2 fully saturated rings. The van der Waals surface area contributed by atoms with Crippen LogP contribution in [0.4, 0.5) is 0 Å². The fraction of sp³-hybridized carbons (Fsp3) is 0.938. The van der Waals surface area contributed by atoms with Crippen LogP contribution >= 0.6 is 0 Å². The Hall–Kier alpha value is -0.610. The first-order valence-electron chi connectivity index (χ1n) is 8.18. The Morgan fingerprint density at radius 1 is 1.25 bits per heavy atom. The largest absolute Gasteiger partial charge is 0.388 e. The van der Waals surface area contributed by atoms with E-state index in [4.69, 9.17) is 4.74 Å². The highest BCUT2D eigenvalue weighted by Crippen LogP contribution is 2.27. The molecule has 0 aromatic heterocycles. The van der Waals surface area contributed by atoms with Crippen LogP contribution in [0.2, 0.25) is 0 Å². The van der Waals surface area contributed by atoms with E-state index in [1.165, 1.54) is 19.3 Å². The van der Waals surface area contributed by atoms with E-state index in [9.17, 15) is 9.90 Å². The summed E-state index contributed by atoms with van der Waals surface area (Å²) >= 11 is 0. The smallest absolute Gasteiger partial charge is 0.246 e. The molecule has 0 radical (unpaired) electrons. The van der Waals surface area contributed by atoms with Crippen molar-refractivity contribution in [3.63, 3.8) is 0 Å². The molecular formula is C16H29NO3. The zero-order chi connectivity index (χ0) is 14.4. The molecule has 0 spiro atoms. The van der Waals surface area contributed by atoms with E-state index in [1.807, 2.05) is 0 Å². The maximum atomic E-state index is 11.8. The van der Waals surface area contributed by atoms with Gasteiger partial charge in [0.2, 0.25) is 5.91 Å². The predicted octanol–water partition coefficient (Wildman–Crippen LogP) is 2.39. The van der Waals surface area contributed by atoms with Crippen molar-refractivity contribution in [2.75, 3.05) is 13.2 Å². The Bertz CT molecular complexity index is 313. The van der Waals surface area contributed by atoms with E-state index in [0.29, 0.717) is 12.5 Å². The molecule has 2 unspecified atom stereocenters. The molecule has 4 nitrogen and oxygen atoms in total. The number of hydrogen-bond donors (Lipinski definition) is 2. The molecule has 1 amide bonds. The zero-order valence-electron chi connectivity index (χ0n) is 12.7. The molecular weight excluding hydrogens is 254 g/mol. The van der Waals surface area contributed by atoms with E-state index < -0.39 is 5.60 Å². The van der Waals surface area contributed by atoms with Gasteiger partial charge in [0.1, 0.15) is 6.61 Å². The number of carbonyl (C=O) groups is 1. The average molecular weight is 283 g/mol. The molecule has 2 N–H and O–H groups in total. The number of nitrogens with one attached hydrogen (secondary N) is 1. The number of aliphatic hydroxyl groups is 1. The Morgan fingerprint density at radius 2 is 2.00 bits per heavy atom. The third kappa shape index (κ3) is 5.06. The van der Waals surface area contributed by atoms with Crippen molar-refractivity contribution in [2.24, 2.45) is 5.92 Å². The van der Waals surface area contributed by atoms with Crippen molar-refractivity contribution < 1.29 is 14.6 Å². The van der Waals surface area contributed by atoms with Gasteiger partial charge in [-0.2, -0.15) is 0 Å². The summed E-state index contributed by atoms with van der Waals surface area (Å²) in [5.41, 5.74) is -0.687. The van der Waals surface area contributed by atoms with E-state index in [2.05, 4.69) is 12.2 Å². The first-order chi connectivity index (χ1) is 9.57. The lowest BCUT2D eigenvalue weighted by molar-refractivity contribution is -0.130. The Kier molecular flexibility index (Phi) is 5.85. The average Bonchev–Trinajstić information content (AvgIpc) is 2.44. The first-order valence-corrected chi connectivity index (χ1v) is 8.18. The van der Waals surface area contributed by atoms with Gasteiger partial charge in [-0.15, -0.1) is 0 Å². The quantitative estimate of drug-likeness (QED) is 0.814. The standard InChI is InChI=1S/C16H29NO3/c1-13-6-5-7-14(10-13)20-11-15(18)17-12-16(19)8-3-2-4-9-16/h13-14,19H,2-12H2,1H3,(H,17,18). The van der Waals surface area contributed by atoms with E-state index in [-0.39, 0.29) is 18.6 Å². The van der Waals surface area contributed by atoms with Gasteiger partial charge < -0.3 is 15.2 Å². The number of amides is 1. The van der Waals surface area contributed by atoms with E-state index in [1.54, 1.807) is 0 Å². The maximum absolute atomic E-state index is 11.8. The molecule has 2 atom stereocenters. The second-order valence-corrected chi connectivity index (χ2v) is 6.77. The summed E-state index contributed by atoms with van der Waals surface area (Å²) in [5, 5.41) is 13.1. The molecule has 0 aromatic rings. The van der Waals surface area contributed by atoms with Gasteiger partial charge >= 0.3 is 0 Å². The summed E-state index contributed by atoms with van der Waals surface area (Å²) < 4.78 is 5.69. The van der Waals surface area contributed by atoms with Crippen molar-refractivity contribution >= 4 is 5.91 Å². The van der Waals surface area contributed by atoms with Crippen molar-refractivity contribution in [3.05, 3.63) is 0 Å². The lowest BCUT2D eigenvalue weighted by Crippen LogP contribution is -2.45. The molecule has 0 saturated heterocycles. The molecule has 20 heavy (non-hydrogen) atoms. The highest BCUT2D eigenvalue weighted by molar-refractivity contribution is 5.77. The topological polar surface area (TPSA) is 58.6 Å². The van der Waals surface area contributed by atoms with Crippen LogP contribution in [-0.4, -0.2) is 35.9 Å². The van der Waals surface area contributed by atoms with Crippen LogP contribution < -0.4 is 5.32 Å². The molecule has 4 heteroatoms. The fourth-order valence-electron chi connectivity index (χ4n) is 3.42. The molecule has 116 valence electrons. The van der Waals surface area contributed by atoms with Gasteiger partial charge in [-0.3, -0.25) is 4.79 Å². The van der Waals surface area contributed by atoms with Crippen LogP contribution in [0.3, 0.4) is 0 Å². The molecule has 0 aliphatic heterocycles. The lowest BCUT2D eigenvalue weighted by atomic mass is 9.85. The monoisotopic (exact) mass is 283 g/mol. The van der Waals surface area contributed by atoms with Crippen molar-refractivity contribution in [3.8, 4) is 0 Å². The van der Waals surface area contributed by atoms with E-state index >= 15 is 0 Å². The summed E-state index contributed by atoms with van der Waals surface area (Å²) in [6.45, 7) is 2.75. The minimum Gasteiger partial charge on any atom is -0.388 e. The van der Waals surface area contributed by atoms with Crippen molar-refractivity contribution in [1.82, 2.24) is 5.32 Å². The van der Waals surface area contributed by atoms with Gasteiger partial charge in [0.25, 0.3) is 0 Å². The van der Waals surface area contributed by atoms with Gasteiger partial charge in [-0.25, -0.2) is 0 Å². The minimum absolute atomic E-state index is 0.0952. The highest BCUT2D eigenvalue weighted by atomic mass is 16.5. The van der Waals surface area contributed by atoms with Gasteiger partial charge in [0, 0.05) is 6.54 Å². The summed E-state index contributed by atoms with van der Waals surface area (Å²) in [5.74, 6) is 0.613. The Balaban J connectivity index is 1.62. The van der Waals surface area contributed by atoms with Crippen LogP contribution in [-0.2, 0) is 9.53 Å². The van der Waals surface area contributed by atoms with Gasteiger partial charge in [-0.1, -0.05) is 39.0 Å². The third-order valence-corrected chi connectivity index (χ3v) is 4.74. The Morgan fingerprint density at radius 3 is 2.70 bits per heavy atom. The van der Waals surface area contributed by atoms with Crippen LogP contribution in [0.5, 0.6) is 0 Å². The number of carbonyl (C=O) groups excluding carboxylic acids is 1. The number of rotatable bonds is 5. The van der Waals surface area contributed by atoms with Crippen LogP contribution in [0.25, 0.3) is 0 Å². The highest BCUT2D eigenvalue weighted by Gasteiger charge is 2.29. The van der Waals surface area contributed by atoms with Gasteiger partial charge in [0.05, 0.1) is 11.7 Å². The molecule has 0 heterocycles. The lowest BCUT2D eigenvalue weighted by Gasteiger charge is -2.32. The fourth-order valence-corrected chi connectivity index (χ4v) is 3.42. The Labute approximate surface area is 122 Å². The second-order valence-electron chi connectivity index (χ2n) is 6.77. The van der Waals surface area contributed by atoms with Gasteiger partial charge in [-0.05, 0) is 31.6 Å². The minimum atomic E-state index is -0.687. The second kappa shape index (κ2) is 7.41. The third-order valence-electron chi connectivity index (χ3n) is 4.74. The van der Waals surface area contributed by atoms with Crippen LogP contribution in [0, 0.1) is 5.92 Å². The summed E-state index contributed by atoms with van der Waals surface area (Å²) in [7, 11) is 0. The molecule has 2 rings (SSSR count). The van der Waals surface area contributed by atoms with Crippen LogP contribution in [0.1, 0.15) is 64.7 Å². The van der Waals surface area contributed by atoms with Crippen LogP contribution in [0.15, 0.2) is 0 Å². The zero-order valence-corrected chi connectivity index (χ0v) is 12.7. The van der Waals surface area contributed by atoms with Crippen molar-refractivity contribution in [1.29, 1.82) is 0 Å². The summed E-state index contributed by atoms with van der Waals surface area (Å²) in [6, 6.07) is 0. The van der Waals surface area contributed by atoms with Crippen molar-refractivity contribution in [2.45, 2.75) is 76.4 Å². The molecule has 2 aliphatic rings. The predicted molar refractivity (Wildman–Crippen MR) is 78.4 cm³/mol. The molecule has 2 saturated carbocycles. The molecule has 0 bridgehead atoms. The molecule has 2 aliphatic carbocycles.